The van der Waals surface area contributed by atoms with Crippen LogP contribution in [0.2, 0.25) is 0 Å². The van der Waals surface area contributed by atoms with Gasteiger partial charge in [0.1, 0.15) is 0 Å². The predicted octanol–water partition coefficient (Wildman–Crippen LogP) is 3.89. The number of hydrogen-bond donors (Lipinski definition) is 1. The van der Waals surface area contributed by atoms with E-state index in [0.717, 1.165) is 0 Å². The average molecular weight is 241 g/mol. The molecule has 0 aromatic heterocycles. The van der Waals surface area contributed by atoms with E-state index < -0.39 is 0 Å². The summed E-state index contributed by atoms with van der Waals surface area (Å²) < 4.78 is 5.93. The summed E-state index contributed by atoms with van der Waals surface area (Å²) in [5, 5.41) is 3.52. The molecule has 0 amide bonds. The topological polar surface area (TPSA) is 21.3 Å². The Morgan fingerprint density at radius 1 is 1.12 bits per heavy atom. The Morgan fingerprint density at radius 2 is 1.82 bits per heavy atom. The van der Waals surface area contributed by atoms with Crippen LogP contribution >= 0.6 is 0 Å². The summed E-state index contributed by atoms with van der Waals surface area (Å²) in [4.78, 5) is 0. The molecule has 1 rings (SSSR count). The minimum absolute atomic E-state index is 0.124. The summed E-state index contributed by atoms with van der Waals surface area (Å²) in [5.41, 5.74) is 0.124. The van der Waals surface area contributed by atoms with Crippen molar-refractivity contribution in [2.45, 2.75) is 82.8 Å². The molecule has 1 saturated carbocycles. The second-order valence-corrected chi connectivity index (χ2v) is 5.52. The number of likely N-dealkylation sites (N-methyl/N-ethyl adjacent to an activating group) is 1. The van der Waals surface area contributed by atoms with Gasteiger partial charge in [-0.15, -0.1) is 0 Å². The highest BCUT2D eigenvalue weighted by molar-refractivity contribution is 4.94. The summed E-state index contributed by atoms with van der Waals surface area (Å²) in [6, 6.07) is 0.546. The monoisotopic (exact) mass is 241 g/mol. The lowest BCUT2D eigenvalue weighted by Crippen LogP contribution is -2.52. The number of hydrogen-bond acceptors (Lipinski definition) is 2. The molecule has 1 unspecified atom stereocenters. The highest BCUT2D eigenvalue weighted by Gasteiger charge is 2.38. The van der Waals surface area contributed by atoms with E-state index in [1.165, 1.54) is 64.2 Å². The van der Waals surface area contributed by atoms with Gasteiger partial charge in [0.2, 0.25) is 0 Å². The van der Waals surface area contributed by atoms with Crippen LogP contribution in [0.1, 0.15) is 71.1 Å². The van der Waals surface area contributed by atoms with Crippen LogP contribution in [-0.4, -0.2) is 25.8 Å². The molecule has 0 saturated heterocycles. The standard InChI is InChI=1S/C15H31NO/c1-4-5-6-8-11-14(16-2)15(17-3)12-9-7-10-13-15/h14,16H,4-13H2,1-3H3. The Balaban J connectivity index is 2.44. The molecule has 0 spiro atoms. The molecule has 0 aliphatic heterocycles. The zero-order valence-electron chi connectivity index (χ0n) is 12.1. The first-order valence-corrected chi connectivity index (χ1v) is 7.51. The minimum atomic E-state index is 0.124. The number of nitrogens with one attached hydrogen (secondary N) is 1. The lowest BCUT2D eigenvalue weighted by atomic mass is 9.77. The zero-order valence-corrected chi connectivity index (χ0v) is 12.1. The first kappa shape index (κ1) is 15.0. The van der Waals surface area contributed by atoms with Crippen molar-refractivity contribution in [3.8, 4) is 0 Å². The zero-order chi connectivity index (χ0) is 12.6. The Labute approximate surface area is 108 Å². The van der Waals surface area contributed by atoms with Crippen LogP contribution in [0.5, 0.6) is 0 Å². The smallest absolute Gasteiger partial charge is 0.0830 e. The van der Waals surface area contributed by atoms with Crippen molar-refractivity contribution in [1.82, 2.24) is 5.32 Å². The Bertz CT molecular complexity index is 187. The van der Waals surface area contributed by atoms with Gasteiger partial charge < -0.3 is 10.1 Å². The third-order valence-electron chi connectivity index (χ3n) is 4.44. The maximum absolute atomic E-state index is 5.93. The minimum Gasteiger partial charge on any atom is -0.377 e. The Kier molecular flexibility index (Phi) is 7.14. The van der Waals surface area contributed by atoms with Gasteiger partial charge in [-0.25, -0.2) is 0 Å². The molecular weight excluding hydrogens is 210 g/mol. The van der Waals surface area contributed by atoms with Crippen molar-refractivity contribution < 1.29 is 4.74 Å². The quantitative estimate of drug-likeness (QED) is 0.651. The van der Waals surface area contributed by atoms with Crippen molar-refractivity contribution in [3.05, 3.63) is 0 Å². The Hall–Kier alpha value is -0.0800. The fraction of sp³-hybridized carbons (Fsp3) is 1.00. The lowest BCUT2D eigenvalue weighted by Gasteiger charge is -2.42. The number of ether oxygens (including phenoxy) is 1. The summed E-state index contributed by atoms with van der Waals surface area (Å²) in [5.74, 6) is 0. The molecule has 0 aromatic rings. The largest absolute Gasteiger partial charge is 0.377 e. The number of rotatable bonds is 8. The molecule has 0 bridgehead atoms. The maximum atomic E-state index is 5.93. The van der Waals surface area contributed by atoms with E-state index in [9.17, 15) is 0 Å². The molecule has 2 nitrogen and oxygen atoms in total. The lowest BCUT2D eigenvalue weighted by molar-refractivity contribution is -0.0681. The van der Waals surface area contributed by atoms with E-state index in [0.29, 0.717) is 6.04 Å². The van der Waals surface area contributed by atoms with Crippen LogP contribution in [-0.2, 0) is 4.74 Å². The summed E-state index contributed by atoms with van der Waals surface area (Å²) in [7, 11) is 4.00. The van der Waals surface area contributed by atoms with Crippen LogP contribution in [0.3, 0.4) is 0 Å². The molecule has 2 heteroatoms. The first-order valence-electron chi connectivity index (χ1n) is 7.51. The third-order valence-corrected chi connectivity index (χ3v) is 4.44. The Morgan fingerprint density at radius 3 is 2.35 bits per heavy atom. The summed E-state index contributed by atoms with van der Waals surface area (Å²) in [6.45, 7) is 2.27. The van der Waals surface area contributed by atoms with E-state index in [1.54, 1.807) is 0 Å². The normalized spacial score (nSPS) is 21.4. The molecule has 17 heavy (non-hydrogen) atoms. The third kappa shape index (κ3) is 4.26. The maximum Gasteiger partial charge on any atom is 0.0830 e. The SMILES string of the molecule is CCCCCCC(NC)C1(OC)CCCCC1. The summed E-state index contributed by atoms with van der Waals surface area (Å²) in [6.07, 6.45) is 13.2. The van der Waals surface area contributed by atoms with Gasteiger partial charge in [-0.3, -0.25) is 0 Å². The van der Waals surface area contributed by atoms with Crippen molar-refractivity contribution in [2.24, 2.45) is 0 Å². The highest BCUT2D eigenvalue weighted by atomic mass is 16.5. The predicted molar refractivity (Wildman–Crippen MR) is 74.4 cm³/mol. The van der Waals surface area contributed by atoms with Crippen molar-refractivity contribution in [1.29, 1.82) is 0 Å². The molecule has 1 atom stereocenters. The van der Waals surface area contributed by atoms with E-state index in [2.05, 4.69) is 19.3 Å². The van der Waals surface area contributed by atoms with Crippen molar-refractivity contribution in [2.75, 3.05) is 14.2 Å². The molecule has 1 aliphatic carbocycles. The fourth-order valence-corrected chi connectivity index (χ4v) is 3.29. The van der Waals surface area contributed by atoms with Gasteiger partial charge in [0.25, 0.3) is 0 Å². The molecule has 1 N–H and O–H groups in total. The van der Waals surface area contributed by atoms with Crippen LogP contribution in [0.25, 0.3) is 0 Å². The molecule has 0 heterocycles. The van der Waals surface area contributed by atoms with Crippen LogP contribution in [0.15, 0.2) is 0 Å². The number of unbranched alkanes of at least 4 members (excludes halogenated alkanes) is 3. The fourth-order valence-electron chi connectivity index (χ4n) is 3.29. The van der Waals surface area contributed by atoms with Gasteiger partial charge in [0, 0.05) is 13.2 Å². The first-order chi connectivity index (χ1) is 8.29. The molecule has 102 valence electrons. The molecule has 1 aliphatic rings. The van der Waals surface area contributed by atoms with Crippen LogP contribution < -0.4 is 5.32 Å². The van der Waals surface area contributed by atoms with Gasteiger partial charge in [-0.2, -0.15) is 0 Å². The van der Waals surface area contributed by atoms with Gasteiger partial charge in [0.05, 0.1) is 5.60 Å². The van der Waals surface area contributed by atoms with Crippen molar-refractivity contribution in [3.63, 3.8) is 0 Å². The average Bonchev–Trinajstić information content (AvgIpc) is 2.39. The van der Waals surface area contributed by atoms with Crippen molar-refractivity contribution >= 4 is 0 Å². The second-order valence-electron chi connectivity index (χ2n) is 5.52. The van der Waals surface area contributed by atoms with E-state index in [-0.39, 0.29) is 5.60 Å². The van der Waals surface area contributed by atoms with Crippen LogP contribution in [0.4, 0.5) is 0 Å². The summed E-state index contributed by atoms with van der Waals surface area (Å²) >= 11 is 0. The number of methoxy groups -OCH3 is 1. The highest BCUT2D eigenvalue weighted by Crippen LogP contribution is 2.35. The molecule has 1 fully saturated rings. The van der Waals surface area contributed by atoms with E-state index in [1.807, 2.05) is 7.11 Å². The van der Waals surface area contributed by atoms with E-state index >= 15 is 0 Å². The van der Waals surface area contributed by atoms with E-state index in [4.69, 9.17) is 4.74 Å². The molecule has 0 aromatic carbocycles. The van der Waals surface area contributed by atoms with Gasteiger partial charge in [-0.05, 0) is 26.3 Å². The van der Waals surface area contributed by atoms with Gasteiger partial charge in [0.15, 0.2) is 0 Å². The molecular formula is C15H31NO. The van der Waals surface area contributed by atoms with Gasteiger partial charge >= 0.3 is 0 Å². The van der Waals surface area contributed by atoms with Gasteiger partial charge in [-0.1, -0.05) is 51.9 Å². The molecule has 0 radical (unpaired) electrons. The van der Waals surface area contributed by atoms with Crippen LogP contribution in [0, 0.1) is 0 Å². The second kappa shape index (κ2) is 8.10.